The zero-order chi connectivity index (χ0) is 17.9. The van der Waals surface area contributed by atoms with Gasteiger partial charge in [-0.25, -0.2) is 4.98 Å². The lowest BCUT2D eigenvalue weighted by molar-refractivity contribution is 0.291. The quantitative estimate of drug-likeness (QED) is 0.425. The number of rotatable bonds is 5. The van der Waals surface area contributed by atoms with Crippen LogP contribution in [0.1, 0.15) is 11.4 Å². The van der Waals surface area contributed by atoms with Gasteiger partial charge in [0.1, 0.15) is 18.2 Å². The number of halogens is 2. The minimum absolute atomic E-state index is 0.362. The number of nitrogens with zero attached hydrogens (tertiary/aromatic N) is 2. The molecule has 3 nitrogen and oxygen atoms in total. The molecule has 0 N–H and O–H groups in total. The van der Waals surface area contributed by atoms with E-state index in [1.54, 1.807) is 0 Å². The van der Waals surface area contributed by atoms with Gasteiger partial charge in [0.2, 0.25) is 0 Å². The smallest absolute Gasteiger partial charge is 0.148 e. The fourth-order valence-corrected chi connectivity index (χ4v) is 3.18. The molecular weight excluding hydrogens is 367 g/mol. The Hall–Kier alpha value is -2.49. The van der Waals surface area contributed by atoms with Crippen molar-refractivity contribution in [3.8, 4) is 5.75 Å². The molecule has 4 aromatic rings. The summed E-state index contributed by atoms with van der Waals surface area (Å²) in [6, 6.07) is 23.4. The van der Waals surface area contributed by atoms with Crippen LogP contribution in [0.4, 0.5) is 0 Å². The highest BCUT2D eigenvalue weighted by atomic mass is 35.5. The van der Waals surface area contributed by atoms with Crippen molar-refractivity contribution in [2.24, 2.45) is 0 Å². The van der Waals surface area contributed by atoms with Crippen molar-refractivity contribution in [3.63, 3.8) is 0 Å². The SMILES string of the molecule is Clc1ccc(OCc2nc3cc(Cl)ccc3n2Cc2ccccc2)cc1. The van der Waals surface area contributed by atoms with Gasteiger partial charge in [0.25, 0.3) is 0 Å². The zero-order valence-corrected chi connectivity index (χ0v) is 15.4. The Balaban J connectivity index is 1.67. The van der Waals surface area contributed by atoms with Gasteiger partial charge in [-0.1, -0.05) is 53.5 Å². The van der Waals surface area contributed by atoms with Crippen molar-refractivity contribution < 1.29 is 4.74 Å². The first-order valence-electron chi connectivity index (χ1n) is 8.26. The van der Waals surface area contributed by atoms with Gasteiger partial charge in [-0.3, -0.25) is 0 Å². The normalized spacial score (nSPS) is 11.0. The van der Waals surface area contributed by atoms with Crippen molar-refractivity contribution in [2.75, 3.05) is 0 Å². The molecule has 0 amide bonds. The molecule has 0 radical (unpaired) electrons. The Kier molecular flexibility index (Phi) is 4.83. The van der Waals surface area contributed by atoms with Crippen molar-refractivity contribution >= 4 is 34.2 Å². The van der Waals surface area contributed by atoms with Gasteiger partial charge >= 0.3 is 0 Å². The van der Waals surface area contributed by atoms with E-state index in [0.717, 1.165) is 29.2 Å². The van der Waals surface area contributed by atoms with E-state index in [-0.39, 0.29) is 0 Å². The number of imidazole rings is 1. The summed E-state index contributed by atoms with van der Waals surface area (Å²) in [4.78, 5) is 4.73. The van der Waals surface area contributed by atoms with Gasteiger partial charge in [-0.2, -0.15) is 0 Å². The number of benzene rings is 3. The fourth-order valence-electron chi connectivity index (χ4n) is 2.88. The average molecular weight is 383 g/mol. The van der Waals surface area contributed by atoms with Crippen LogP contribution in [0.3, 0.4) is 0 Å². The summed E-state index contributed by atoms with van der Waals surface area (Å²) in [5.74, 6) is 1.60. The summed E-state index contributed by atoms with van der Waals surface area (Å²) in [5, 5.41) is 1.36. The van der Waals surface area contributed by atoms with Crippen LogP contribution in [0.5, 0.6) is 5.75 Å². The standard InChI is InChI=1S/C21H16Cl2N2O/c22-16-6-9-18(10-7-16)26-14-21-24-19-12-17(23)8-11-20(19)25(21)13-15-4-2-1-3-5-15/h1-12H,13-14H2. The third-order valence-electron chi connectivity index (χ3n) is 4.15. The van der Waals surface area contributed by atoms with Crippen LogP contribution in [0, 0.1) is 0 Å². The summed E-state index contributed by atoms with van der Waals surface area (Å²) in [6.07, 6.45) is 0. The van der Waals surface area contributed by atoms with Gasteiger partial charge in [0.05, 0.1) is 11.0 Å². The van der Waals surface area contributed by atoms with E-state index >= 15 is 0 Å². The highest BCUT2D eigenvalue weighted by Crippen LogP contribution is 2.23. The summed E-state index contributed by atoms with van der Waals surface area (Å²) in [6.45, 7) is 1.08. The van der Waals surface area contributed by atoms with E-state index in [9.17, 15) is 0 Å². The molecule has 1 heterocycles. The summed E-state index contributed by atoms with van der Waals surface area (Å²) in [5.41, 5.74) is 3.10. The molecule has 0 atom stereocenters. The van der Waals surface area contributed by atoms with E-state index in [0.29, 0.717) is 16.7 Å². The summed E-state index contributed by atoms with van der Waals surface area (Å²) >= 11 is 12.1. The first-order valence-corrected chi connectivity index (χ1v) is 9.01. The molecule has 0 aliphatic rings. The van der Waals surface area contributed by atoms with Crippen molar-refractivity contribution in [2.45, 2.75) is 13.2 Å². The Bertz CT molecular complexity index is 1030. The highest BCUT2D eigenvalue weighted by molar-refractivity contribution is 6.31. The minimum atomic E-state index is 0.362. The van der Waals surface area contributed by atoms with Gasteiger partial charge in [0, 0.05) is 16.6 Å². The second kappa shape index (κ2) is 7.40. The summed E-state index contributed by atoms with van der Waals surface area (Å²) < 4.78 is 8.07. The zero-order valence-electron chi connectivity index (χ0n) is 13.9. The maximum atomic E-state index is 6.14. The number of fused-ring (bicyclic) bond motifs is 1. The van der Waals surface area contributed by atoms with E-state index in [2.05, 4.69) is 16.7 Å². The van der Waals surface area contributed by atoms with Crippen molar-refractivity contribution in [1.82, 2.24) is 9.55 Å². The third-order valence-corrected chi connectivity index (χ3v) is 4.64. The Morgan fingerprint density at radius 2 is 1.58 bits per heavy atom. The second-order valence-corrected chi connectivity index (χ2v) is 6.85. The Morgan fingerprint density at radius 1 is 0.846 bits per heavy atom. The van der Waals surface area contributed by atoms with Gasteiger partial charge in [-0.05, 0) is 48.0 Å². The van der Waals surface area contributed by atoms with Crippen LogP contribution in [0.15, 0.2) is 72.8 Å². The molecule has 0 unspecified atom stereocenters. The van der Waals surface area contributed by atoms with Crippen LogP contribution in [0.25, 0.3) is 11.0 Å². The molecule has 3 aromatic carbocycles. The van der Waals surface area contributed by atoms with Gasteiger partial charge in [-0.15, -0.1) is 0 Å². The molecule has 5 heteroatoms. The van der Waals surface area contributed by atoms with E-state index in [4.69, 9.17) is 32.9 Å². The first-order chi connectivity index (χ1) is 12.7. The lowest BCUT2D eigenvalue weighted by Gasteiger charge is -2.11. The van der Waals surface area contributed by atoms with Crippen molar-refractivity contribution in [3.05, 3.63) is 94.2 Å². The van der Waals surface area contributed by atoms with Gasteiger partial charge in [0.15, 0.2) is 0 Å². The molecule has 26 heavy (non-hydrogen) atoms. The largest absolute Gasteiger partial charge is 0.486 e. The third kappa shape index (κ3) is 3.69. The molecule has 0 fully saturated rings. The average Bonchev–Trinajstić information content (AvgIpc) is 2.98. The molecule has 0 aliphatic carbocycles. The monoisotopic (exact) mass is 382 g/mol. The van der Waals surface area contributed by atoms with Crippen molar-refractivity contribution in [1.29, 1.82) is 0 Å². The minimum Gasteiger partial charge on any atom is -0.486 e. The van der Waals surface area contributed by atoms with Crippen LogP contribution >= 0.6 is 23.2 Å². The van der Waals surface area contributed by atoms with Crippen LogP contribution in [-0.2, 0) is 13.2 Å². The lowest BCUT2D eigenvalue weighted by atomic mass is 10.2. The van der Waals surface area contributed by atoms with E-state index in [1.807, 2.05) is 60.7 Å². The molecule has 4 rings (SSSR count). The molecule has 130 valence electrons. The maximum absolute atomic E-state index is 6.14. The van der Waals surface area contributed by atoms with Gasteiger partial charge < -0.3 is 9.30 Å². The fraction of sp³-hybridized carbons (Fsp3) is 0.0952. The molecule has 1 aromatic heterocycles. The summed E-state index contributed by atoms with van der Waals surface area (Å²) in [7, 11) is 0. The highest BCUT2D eigenvalue weighted by Gasteiger charge is 2.12. The molecular formula is C21H16Cl2N2O. The first kappa shape index (κ1) is 17.0. The van der Waals surface area contributed by atoms with Crippen LogP contribution in [-0.4, -0.2) is 9.55 Å². The molecule has 0 aliphatic heterocycles. The molecule has 0 bridgehead atoms. The lowest BCUT2D eigenvalue weighted by Crippen LogP contribution is -2.08. The van der Waals surface area contributed by atoms with Crippen LogP contribution in [0.2, 0.25) is 10.0 Å². The maximum Gasteiger partial charge on any atom is 0.148 e. The molecule has 0 spiro atoms. The second-order valence-electron chi connectivity index (χ2n) is 5.98. The number of hydrogen-bond donors (Lipinski definition) is 0. The Morgan fingerprint density at radius 3 is 2.35 bits per heavy atom. The predicted molar refractivity (Wildman–Crippen MR) is 106 cm³/mol. The van der Waals surface area contributed by atoms with E-state index in [1.165, 1.54) is 5.56 Å². The Labute approximate surface area is 161 Å². The number of aromatic nitrogens is 2. The van der Waals surface area contributed by atoms with E-state index < -0.39 is 0 Å². The van der Waals surface area contributed by atoms with Crippen LogP contribution < -0.4 is 4.74 Å². The topological polar surface area (TPSA) is 27.1 Å². The predicted octanol–water partition coefficient (Wildman–Crippen LogP) is 5.97. The number of hydrogen-bond acceptors (Lipinski definition) is 2. The molecule has 0 saturated heterocycles. The number of ether oxygens (including phenoxy) is 1. The molecule has 0 saturated carbocycles.